The minimum absolute atomic E-state index is 0.0612. The number of hydrogen-bond acceptors (Lipinski definition) is 2. The van der Waals surface area contributed by atoms with Crippen LogP contribution in [0.15, 0.2) is 29.8 Å². The van der Waals surface area contributed by atoms with Crippen molar-refractivity contribution in [2.24, 2.45) is 0 Å². The van der Waals surface area contributed by atoms with Crippen molar-refractivity contribution in [1.29, 1.82) is 0 Å². The molecule has 0 atom stereocenters. The predicted molar refractivity (Wildman–Crippen MR) is 68.0 cm³/mol. The second-order valence-corrected chi connectivity index (χ2v) is 4.61. The fraction of sp³-hybridized carbons (Fsp3) is 0.385. The normalized spacial score (nSPS) is 16.2. The first kappa shape index (κ1) is 11.5. The van der Waals surface area contributed by atoms with Gasteiger partial charge in [0.2, 0.25) is 0 Å². The Bertz CT molecular complexity index is 414. The molecule has 1 aromatic carbocycles. The molecule has 0 bridgehead atoms. The Balaban J connectivity index is 2.29. The molecule has 0 unspecified atom stereocenters. The highest BCUT2D eigenvalue weighted by Gasteiger charge is 2.13. The zero-order chi connectivity index (χ0) is 11.5. The van der Waals surface area contributed by atoms with Crippen LogP contribution in [0.4, 0.5) is 5.69 Å². The van der Waals surface area contributed by atoms with Crippen LogP contribution in [0.5, 0.6) is 0 Å². The van der Waals surface area contributed by atoms with Gasteiger partial charge >= 0.3 is 0 Å². The zero-order valence-electron chi connectivity index (χ0n) is 9.41. The van der Waals surface area contributed by atoms with Crippen molar-refractivity contribution >= 4 is 17.3 Å². The number of halogens is 1. The number of aliphatic hydroxyl groups is 1. The van der Waals surface area contributed by atoms with Gasteiger partial charge in [0.1, 0.15) is 0 Å². The Labute approximate surface area is 101 Å². The van der Waals surface area contributed by atoms with E-state index in [4.69, 9.17) is 11.6 Å². The number of hydrogen-bond donors (Lipinski definition) is 1. The van der Waals surface area contributed by atoms with Crippen LogP contribution in [0.1, 0.15) is 18.9 Å². The Morgan fingerprint density at radius 2 is 2.25 bits per heavy atom. The van der Waals surface area contributed by atoms with E-state index in [1.165, 1.54) is 5.57 Å². The summed E-state index contributed by atoms with van der Waals surface area (Å²) in [5.74, 6) is 0. The van der Waals surface area contributed by atoms with E-state index < -0.39 is 0 Å². The number of anilines is 1. The predicted octanol–water partition coefficient (Wildman–Crippen LogP) is 2.99. The van der Waals surface area contributed by atoms with E-state index in [0.29, 0.717) is 0 Å². The van der Waals surface area contributed by atoms with Crippen LogP contribution in [0.25, 0.3) is 0 Å². The molecule has 0 radical (unpaired) electrons. The summed E-state index contributed by atoms with van der Waals surface area (Å²) >= 11 is 6.00. The lowest BCUT2D eigenvalue weighted by molar-refractivity contribution is 0.282. The van der Waals surface area contributed by atoms with Gasteiger partial charge in [0.05, 0.1) is 6.61 Å². The number of rotatable bonds is 2. The summed E-state index contributed by atoms with van der Waals surface area (Å²) in [6.45, 7) is 4.11. The Morgan fingerprint density at radius 3 is 2.88 bits per heavy atom. The summed E-state index contributed by atoms with van der Waals surface area (Å²) in [7, 11) is 0. The van der Waals surface area contributed by atoms with E-state index >= 15 is 0 Å². The molecule has 1 aliphatic heterocycles. The molecule has 86 valence electrons. The van der Waals surface area contributed by atoms with Gasteiger partial charge in [0.15, 0.2) is 0 Å². The summed E-state index contributed by atoms with van der Waals surface area (Å²) in [6.07, 6.45) is 3.31. The van der Waals surface area contributed by atoms with Gasteiger partial charge in [-0.05, 0) is 25.5 Å². The van der Waals surface area contributed by atoms with Crippen LogP contribution in [0.3, 0.4) is 0 Å². The van der Waals surface area contributed by atoms with Crippen LogP contribution >= 0.6 is 11.6 Å². The van der Waals surface area contributed by atoms with Gasteiger partial charge in [0, 0.05) is 29.4 Å². The summed E-state index contributed by atoms with van der Waals surface area (Å²) in [4.78, 5) is 2.25. The van der Waals surface area contributed by atoms with E-state index in [9.17, 15) is 5.11 Å². The molecule has 1 aromatic rings. The first-order valence-corrected chi connectivity index (χ1v) is 5.88. The van der Waals surface area contributed by atoms with E-state index in [1.54, 1.807) is 0 Å². The minimum atomic E-state index is 0.0612. The molecule has 0 saturated carbocycles. The molecule has 2 nitrogen and oxygen atoms in total. The maximum absolute atomic E-state index is 9.31. The minimum Gasteiger partial charge on any atom is -0.392 e. The summed E-state index contributed by atoms with van der Waals surface area (Å²) in [5.41, 5.74) is 3.43. The van der Waals surface area contributed by atoms with Gasteiger partial charge in [-0.1, -0.05) is 29.3 Å². The van der Waals surface area contributed by atoms with E-state index in [-0.39, 0.29) is 6.61 Å². The van der Waals surface area contributed by atoms with Gasteiger partial charge in [0.25, 0.3) is 0 Å². The van der Waals surface area contributed by atoms with Gasteiger partial charge in [-0.25, -0.2) is 0 Å². The van der Waals surface area contributed by atoms with Crippen LogP contribution in [0.2, 0.25) is 5.02 Å². The largest absolute Gasteiger partial charge is 0.392 e. The fourth-order valence-electron chi connectivity index (χ4n) is 1.95. The van der Waals surface area contributed by atoms with Gasteiger partial charge < -0.3 is 10.0 Å². The van der Waals surface area contributed by atoms with Crippen molar-refractivity contribution in [3.8, 4) is 0 Å². The van der Waals surface area contributed by atoms with Crippen molar-refractivity contribution in [2.45, 2.75) is 20.0 Å². The Hall–Kier alpha value is -0.990. The fourth-order valence-corrected chi connectivity index (χ4v) is 2.12. The van der Waals surface area contributed by atoms with Gasteiger partial charge in [-0.15, -0.1) is 0 Å². The third-order valence-corrected chi connectivity index (χ3v) is 3.23. The lowest BCUT2D eigenvalue weighted by Crippen LogP contribution is -2.29. The second-order valence-electron chi connectivity index (χ2n) is 4.18. The average Bonchev–Trinajstić information content (AvgIpc) is 2.30. The SMILES string of the molecule is CC1=CCN(c2cc(Cl)ccc2CO)CC1. The summed E-state index contributed by atoms with van der Waals surface area (Å²) in [5, 5.41) is 10.0. The van der Waals surface area contributed by atoms with E-state index in [2.05, 4.69) is 17.9 Å². The standard InChI is InChI=1S/C13H16ClNO/c1-10-4-6-15(7-5-10)13-8-12(14)3-2-11(13)9-16/h2-4,8,16H,5-7,9H2,1H3. The highest BCUT2D eigenvalue weighted by molar-refractivity contribution is 6.30. The average molecular weight is 238 g/mol. The van der Waals surface area contributed by atoms with E-state index in [1.807, 2.05) is 18.2 Å². The molecule has 0 amide bonds. The van der Waals surface area contributed by atoms with Gasteiger partial charge in [-0.3, -0.25) is 0 Å². The molecule has 0 fully saturated rings. The molecule has 2 rings (SSSR count). The van der Waals surface area contributed by atoms with Crippen molar-refractivity contribution in [1.82, 2.24) is 0 Å². The maximum atomic E-state index is 9.31. The molecule has 1 aliphatic rings. The second kappa shape index (κ2) is 4.89. The highest BCUT2D eigenvalue weighted by Crippen LogP contribution is 2.27. The molecule has 0 aromatic heterocycles. The lowest BCUT2D eigenvalue weighted by atomic mass is 10.1. The van der Waals surface area contributed by atoms with Crippen molar-refractivity contribution in [3.63, 3.8) is 0 Å². The van der Waals surface area contributed by atoms with Crippen molar-refractivity contribution in [2.75, 3.05) is 18.0 Å². The third kappa shape index (κ3) is 2.39. The molecule has 0 saturated heterocycles. The third-order valence-electron chi connectivity index (χ3n) is 2.99. The first-order chi connectivity index (χ1) is 7.70. The summed E-state index contributed by atoms with van der Waals surface area (Å²) in [6, 6.07) is 5.64. The lowest BCUT2D eigenvalue weighted by Gasteiger charge is -2.29. The maximum Gasteiger partial charge on any atom is 0.0702 e. The molecule has 0 spiro atoms. The van der Waals surface area contributed by atoms with Crippen molar-refractivity contribution in [3.05, 3.63) is 40.4 Å². The van der Waals surface area contributed by atoms with Crippen LogP contribution < -0.4 is 4.90 Å². The Kier molecular flexibility index (Phi) is 3.52. The van der Waals surface area contributed by atoms with E-state index in [0.717, 1.165) is 35.8 Å². The quantitative estimate of drug-likeness (QED) is 0.800. The highest BCUT2D eigenvalue weighted by atomic mass is 35.5. The molecule has 1 N–H and O–H groups in total. The monoisotopic (exact) mass is 237 g/mol. The molecule has 0 aliphatic carbocycles. The molecule has 16 heavy (non-hydrogen) atoms. The smallest absolute Gasteiger partial charge is 0.0702 e. The number of benzene rings is 1. The van der Waals surface area contributed by atoms with Gasteiger partial charge in [-0.2, -0.15) is 0 Å². The zero-order valence-corrected chi connectivity index (χ0v) is 10.2. The number of nitrogens with zero attached hydrogens (tertiary/aromatic N) is 1. The first-order valence-electron chi connectivity index (χ1n) is 5.50. The molecular formula is C13H16ClNO. The molecule has 3 heteroatoms. The van der Waals surface area contributed by atoms with Crippen molar-refractivity contribution < 1.29 is 5.11 Å². The topological polar surface area (TPSA) is 23.5 Å². The van der Waals surface area contributed by atoms with Crippen LogP contribution in [0, 0.1) is 0 Å². The van der Waals surface area contributed by atoms with Crippen LogP contribution in [-0.2, 0) is 6.61 Å². The summed E-state index contributed by atoms with van der Waals surface area (Å²) < 4.78 is 0. The molecule has 1 heterocycles. The number of aliphatic hydroxyl groups excluding tert-OH is 1. The van der Waals surface area contributed by atoms with Crippen LogP contribution in [-0.4, -0.2) is 18.2 Å². The Morgan fingerprint density at radius 1 is 1.44 bits per heavy atom. The molecular weight excluding hydrogens is 222 g/mol.